The zero-order valence-corrected chi connectivity index (χ0v) is 23.1. The maximum Gasteiger partial charge on any atom is 0.335 e. The van der Waals surface area contributed by atoms with E-state index in [0.29, 0.717) is 24.0 Å². The van der Waals surface area contributed by atoms with Crippen molar-refractivity contribution >= 4 is 55.0 Å². The molecular formula is C38H24O4. The lowest BCUT2D eigenvalue weighted by Crippen LogP contribution is -2.10. The Morgan fingerprint density at radius 3 is 1.69 bits per heavy atom. The highest BCUT2D eigenvalue weighted by atomic mass is 16.4. The second kappa shape index (κ2) is 7.74. The van der Waals surface area contributed by atoms with Crippen LogP contribution in [-0.2, 0) is 12.8 Å². The lowest BCUT2D eigenvalue weighted by Gasteiger charge is -2.28. The van der Waals surface area contributed by atoms with E-state index in [4.69, 9.17) is 0 Å². The number of carboxylic acids is 2. The first-order valence-corrected chi connectivity index (χ1v) is 14.2. The third-order valence-electron chi connectivity index (χ3n) is 9.96. The molecule has 42 heavy (non-hydrogen) atoms. The fourth-order valence-electron chi connectivity index (χ4n) is 8.03. The smallest absolute Gasteiger partial charge is 0.335 e. The molecule has 0 aromatic heterocycles. The van der Waals surface area contributed by atoms with Gasteiger partial charge in [-0.05, 0) is 144 Å². The van der Waals surface area contributed by atoms with Gasteiger partial charge in [0, 0.05) is 0 Å². The topological polar surface area (TPSA) is 74.6 Å². The van der Waals surface area contributed by atoms with Crippen LogP contribution in [0.25, 0.3) is 65.3 Å². The highest BCUT2D eigenvalue weighted by Gasteiger charge is 2.28. The van der Waals surface area contributed by atoms with Gasteiger partial charge in [-0.2, -0.15) is 0 Å². The summed E-state index contributed by atoms with van der Waals surface area (Å²) in [5.41, 5.74) is 11.8. The summed E-state index contributed by atoms with van der Waals surface area (Å²) in [5, 5.41) is 29.4. The molecule has 0 bridgehead atoms. The van der Waals surface area contributed by atoms with Gasteiger partial charge in [-0.1, -0.05) is 54.6 Å². The molecule has 2 aliphatic rings. The average Bonchev–Trinajstić information content (AvgIpc) is 2.99. The Kier molecular flexibility index (Phi) is 4.33. The van der Waals surface area contributed by atoms with E-state index in [1.807, 2.05) is 25.1 Å². The van der Waals surface area contributed by atoms with E-state index in [0.717, 1.165) is 33.4 Å². The molecule has 0 heterocycles. The molecule has 7 aromatic carbocycles. The Balaban J connectivity index is 1.39. The Hall–Kier alpha value is -5.22. The minimum Gasteiger partial charge on any atom is -0.478 e. The maximum absolute atomic E-state index is 12.0. The van der Waals surface area contributed by atoms with Crippen LogP contribution in [0.3, 0.4) is 0 Å². The maximum atomic E-state index is 12.0. The average molecular weight is 545 g/mol. The summed E-state index contributed by atoms with van der Waals surface area (Å²) in [6.07, 6.45) is 1.41. The molecule has 0 unspecified atom stereocenters. The quantitative estimate of drug-likeness (QED) is 0.168. The summed E-state index contributed by atoms with van der Waals surface area (Å²) in [5.74, 6) is -1.78. The molecule has 0 fully saturated rings. The Morgan fingerprint density at radius 2 is 1.07 bits per heavy atom. The summed E-state index contributed by atoms with van der Waals surface area (Å²) >= 11 is 0. The first kappa shape index (κ1) is 23.5. The predicted octanol–water partition coefficient (Wildman–Crippen LogP) is 8.89. The fraction of sp³-hybridized carbons (Fsp3) is 0.105. The van der Waals surface area contributed by atoms with Crippen LogP contribution in [0.1, 0.15) is 54.1 Å². The van der Waals surface area contributed by atoms with E-state index in [9.17, 15) is 19.8 Å². The zero-order valence-electron chi connectivity index (χ0n) is 23.1. The molecule has 2 aliphatic carbocycles. The number of rotatable bonds is 2. The summed E-state index contributed by atoms with van der Waals surface area (Å²) in [6, 6.07) is 25.2. The van der Waals surface area contributed by atoms with Crippen LogP contribution in [0.2, 0.25) is 0 Å². The molecule has 4 heteroatoms. The number of carbonyl (C=O) groups is 2. The lowest BCUT2D eigenvalue weighted by atomic mass is 9.75. The highest BCUT2D eigenvalue weighted by molar-refractivity contribution is 6.36. The van der Waals surface area contributed by atoms with Gasteiger partial charge in [0.1, 0.15) is 0 Å². The Labute approximate surface area is 240 Å². The van der Waals surface area contributed by atoms with Gasteiger partial charge in [-0.15, -0.1) is 0 Å². The van der Waals surface area contributed by atoms with Crippen molar-refractivity contribution in [3.05, 3.63) is 117 Å². The van der Waals surface area contributed by atoms with E-state index in [-0.39, 0.29) is 0 Å². The Bertz CT molecular complexity index is 2410. The number of benzene rings is 7. The van der Waals surface area contributed by atoms with Gasteiger partial charge in [-0.3, -0.25) is 0 Å². The zero-order chi connectivity index (χ0) is 28.6. The largest absolute Gasteiger partial charge is 0.478 e. The van der Waals surface area contributed by atoms with Crippen molar-refractivity contribution in [1.82, 2.24) is 0 Å². The van der Waals surface area contributed by atoms with E-state index in [1.54, 1.807) is 6.07 Å². The number of hydrogen-bond donors (Lipinski definition) is 2. The van der Waals surface area contributed by atoms with Gasteiger partial charge in [0.25, 0.3) is 0 Å². The summed E-state index contributed by atoms with van der Waals surface area (Å²) in [4.78, 5) is 23.7. The van der Waals surface area contributed by atoms with Crippen molar-refractivity contribution in [3.8, 4) is 22.3 Å². The van der Waals surface area contributed by atoms with Crippen LogP contribution >= 0.6 is 0 Å². The standard InChI is InChI=1S/C38H24O4/c1-17-18(2)32-23(16-31(17)38(41)42)14-20-4-8-27-26-7-3-19-13-22-15-21(37(39)40)5-6-24(22)25-9-10-28(35(26)33(19)25)29-11-12-30(32)34(20)36(27)29/h3-12,15-16H,13-14H2,1-2H3,(H,39,40)(H,41,42). The lowest BCUT2D eigenvalue weighted by molar-refractivity contribution is 0.0685. The molecular weight excluding hydrogens is 520 g/mol. The molecule has 0 aliphatic heterocycles. The van der Waals surface area contributed by atoms with E-state index in [2.05, 4.69) is 55.5 Å². The van der Waals surface area contributed by atoms with Crippen LogP contribution in [-0.4, -0.2) is 22.2 Å². The molecule has 0 saturated heterocycles. The first-order chi connectivity index (χ1) is 20.3. The molecule has 0 saturated carbocycles. The van der Waals surface area contributed by atoms with Gasteiger partial charge in [0.05, 0.1) is 11.1 Å². The summed E-state index contributed by atoms with van der Waals surface area (Å²) < 4.78 is 0. The molecule has 0 radical (unpaired) electrons. The molecule has 0 atom stereocenters. The van der Waals surface area contributed by atoms with Gasteiger partial charge >= 0.3 is 11.9 Å². The molecule has 7 aromatic rings. The van der Waals surface area contributed by atoms with E-state index >= 15 is 0 Å². The van der Waals surface area contributed by atoms with Crippen molar-refractivity contribution in [2.75, 3.05) is 0 Å². The number of carboxylic acid groups (broad SMARTS) is 2. The minimum atomic E-state index is -0.902. The molecule has 2 N–H and O–H groups in total. The Morgan fingerprint density at radius 1 is 0.524 bits per heavy atom. The third-order valence-corrected chi connectivity index (χ3v) is 9.96. The molecule has 0 spiro atoms. The summed E-state index contributed by atoms with van der Waals surface area (Å²) in [7, 11) is 0. The normalized spacial score (nSPS) is 13.2. The molecule has 200 valence electrons. The van der Waals surface area contributed by atoms with Crippen LogP contribution in [0, 0.1) is 13.8 Å². The van der Waals surface area contributed by atoms with Crippen molar-refractivity contribution in [1.29, 1.82) is 0 Å². The van der Waals surface area contributed by atoms with Crippen molar-refractivity contribution in [2.45, 2.75) is 26.7 Å². The molecule has 0 amide bonds. The minimum absolute atomic E-state index is 0.322. The van der Waals surface area contributed by atoms with Crippen molar-refractivity contribution < 1.29 is 19.8 Å². The van der Waals surface area contributed by atoms with E-state index < -0.39 is 11.9 Å². The number of aromatic carboxylic acids is 2. The second-order valence-corrected chi connectivity index (χ2v) is 11.9. The molecule has 9 rings (SSSR count). The number of fused-ring (bicyclic) bond motifs is 6. The SMILES string of the molecule is Cc1c(C(=O)O)cc2c(c1C)-c1ccc3c4ccc5c6c(ccc(c7ccc(c1c73)C2)c64)Cc1cc(C(=O)O)ccc1-5. The summed E-state index contributed by atoms with van der Waals surface area (Å²) in [6.45, 7) is 3.96. The van der Waals surface area contributed by atoms with Gasteiger partial charge < -0.3 is 10.2 Å². The van der Waals surface area contributed by atoms with Crippen LogP contribution in [0.15, 0.2) is 72.8 Å². The van der Waals surface area contributed by atoms with Crippen molar-refractivity contribution in [3.63, 3.8) is 0 Å². The number of hydrogen-bond acceptors (Lipinski definition) is 2. The van der Waals surface area contributed by atoms with E-state index in [1.165, 1.54) is 65.3 Å². The molecule has 4 nitrogen and oxygen atoms in total. The highest BCUT2D eigenvalue weighted by Crippen LogP contribution is 2.51. The van der Waals surface area contributed by atoms with Gasteiger partial charge in [0.2, 0.25) is 0 Å². The first-order valence-electron chi connectivity index (χ1n) is 14.2. The second-order valence-electron chi connectivity index (χ2n) is 11.9. The van der Waals surface area contributed by atoms with Crippen LogP contribution < -0.4 is 0 Å². The predicted molar refractivity (Wildman–Crippen MR) is 168 cm³/mol. The fourth-order valence-corrected chi connectivity index (χ4v) is 8.03. The van der Waals surface area contributed by atoms with Crippen molar-refractivity contribution in [2.24, 2.45) is 0 Å². The van der Waals surface area contributed by atoms with Gasteiger partial charge in [0.15, 0.2) is 0 Å². The third kappa shape index (κ3) is 2.77. The van der Waals surface area contributed by atoms with Crippen LogP contribution in [0.4, 0.5) is 0 Å². The van der Waals surface area contributed by atoms with Crippen LogP contribution in [0.5, 0.6) is 0 Å². The van der Waals surface area contributed by atoms with Gasteiger partial charge in [-0.25, -0.2) is 9.59 Å². The monoisotopic (exact) mass is 544 g/mol.